The summed E-state index contributed by atoms with van der Waals surface area (Å²) in [6.07, 6.45) is 5.92. The van der Waals surface area contributed by atoms with Crippen LogP contribution in [0.4, 0.5) is 0 Å². The van der Waals surface area contributed by atoms with Crippen molar-refractivity contribution in [3.63, 3.8) is 0 Å². The van der Waals surface area contributed by atoms with Gasteiger partial charge in [0.25, 0.3) is 0 Å². The molecule has 0 saturated carbocycles. The largest absolute Gasteiger partial charge is 0.494 e. The number of hydrogen-bond acceptors (Lipinski definition) is 9. The molecule has 0 aliphatic rings. The molecule has 2 rings (SSSR count). The number of rotatable bonds is 19. The molecule has 9 heteroatoms. The zero-order valence-electron chi connectivity index (χ0n) is 22.1. The van der Waals surface area contributed by atoms with E-state index >= 15 is 0 Å². The van der Waals surface area contributed by atoms with Gasteiger partial charge in [0, 0.05) is 6.08 Å². The lowest BCUT2D eigenvalue weighted by Crippen LogP contribution is -2.10. The lowest BCUT2D eigenvalue weighted by Gasteiger charge is -2.09. The van der Waals surface area contributed by atoms with Gasteiger partial charge in [0.1, 0.15) is 17.2 Å². The Morgan fingerprint density at radius 2 is 1.18 bits per heavy atom. The van der Waals surface area contributed by atoms with Gasteiger partial charge in [-0.15, -0.1) is 0 Å². The van der Waals surface area contributed by atoms with Crippen LogP contribution in [-0.2, 0) is 19.1 Å². The Morgan fingerprint density at radius 1 is 0.692 bits per heavy atom. The fourth-order valence-corrected chi connectivity index (χ4v) is 3.16. The van der Waals surface area contributed by atoms with Gasteiger partial charge in [-0.1, -0.05) is 13.2 Å². The van der Waals surface area contributed by atoms with E-state index in [9.17, 15) is 14.4 Å². The molecule has 0 radical (unpaired) electrons. The molecule has 0 unspecified atom stereocenters. The van der Waals surface area contributed by atoms with E-state index in [0.29, 0.717) is 55.7 Å². The summed E-state index contributed by atoms with van der Waals surface area (Å²) in [6, 6.07) is 13.5. The van der Waals surface area contributed by atoms with Gasteiger partial charge in [-0.05, 0) is 87.1 Å². The summed E-state index contributed by atoms with van der Waals surface area (Å²) in [5, 5.41) is 8.81. The molecule has 39 heavy (non-hydrogen) atoms. The maximum Gasteiger partial charge on any atom is 0.343 e. The molecular weight excluding hydrogens is 504 g/mol. The van der Waals surface area contributed by atoms with Crippen LogP contribution in [-0.4, -0.2) is 56.0 Å². The van der Waals surface area contributed by atoms with Crippen molar-refractivity contribution in [2.75, 3.05) is 33.0 Å². The van der Waals surface area contributed by atoms with Crippen LogP contribution in [0.15, 0.2) is 73.3 Å². The summed E-state index contributed by atoms with van der Waals surface area (Å²) >= 11 is 0. The summed E-state index contributed by atoms with van der Waals surface area (Å²) in [7, 11) is 0. The molecule has 210 valence electrons. The van der Waals surface area contributed by atoms with Crippen LogP contribution in [0.3, 0.4) is 0 Å². The van der Waals surface area contributed by atoms with Gasteiger partial charge in [0.15, 0.2) is 0 Å². The molecule has 0 aliphatic heterocycles. The summed E-state index contributed by atoms with van der Waals surface area (Å²) in [6.45, 7) is 7.98. The van der Waals surface area contributed by atoms with Crippen molar-refractivity contribution in [3.05, 3.63) is 78.9 Å². The summed E-state index contributed by atoms with van der Waals surface area (Å²) in [4.78, 5) is 34.8. The van der Waals surface area contributed by atoms with Crippen LogP contribution in [0.2, 0.25) is 0 Å². The smallest absolute Gasteiger partial charge is 0.343 e. The van der Waals surface area contributed by atoms with Crippen LogP contribution in [0, 0.1) is 0 Å². The van der Waals surface area contributed by atoms with E-state index in [1.54, 1.807) is 48.5 Å². The van der Waals surface area contributed by atoms with E-state index < -0.39 is 24.5 Å². The minimum absolute atomic E-state index is 0.0551. The van der Waals surface area contributed by atoms with Gasteiger partial charge in [-0.25, -0.2) is 14.4 Å². The molecule has 1 N–H and O–H groups in total. The number of aliphatic hydroxyl groups excluding tert-OH is 1. The molecule has 0 amide bonds. The minimum atomic E-state index is -0.562. The van der Waals surface area contributed by atoms with E-state index in [0.717, 1.165) is 38.2 Å². The fraction of sp³-hybridized carbons (Fsp3) is 0.367. The third-order valence-electron chi connectivity index (χ3n) is 5.36. The second-order valence-corrected chi connectivity index (χ2v) is 8.47. The second-order valence-electron chi connectivity index (χ2n) is 8.47. The SMILES string of the molecule is C=CC(=O)OCCCCOc1ccc(C(=O)Oc2ccc(OCCCCCCOC(=O)C(=C)CO)cc2)cc1. The number of carbonyl (C=O) groups excluding carboxylic acids is 3. The Hall–Kier alpha value is -4.11. The lowest BCUT2D eigenvalue weighted by atomic mass is 10.2. The predicted molar refractivity (Wildman–Crippen MR) is 145 cm³/mol. The Kier molecular flexibility index (Phi) is 14.5. The molecule has 2 aromatic carbocycles. The van der Waals surface area contributed by atoms with E-state index in [1.165, 1.54) is 0 Å². The molecule has 0 spiro atoms. The second kappa shape index (κ2) is 18.2. The Labute approximate surface area is 229 Å². The highest BCUT2D eigenvalue weighted by atomic mass is 16.5. The molecule has 2 aromatic rings. The van der Waals surface area contributed by atoms with Crippen molar-refractivity contribution in [1.82, 2.24) is 0 Å². The predicted octanol–water partition coefficient (Wildman–Crippen LogP) is 4.82. The highest BCUT2D eigenvalue weighted by molar-refractivity contribution is 5.91. The highest BCUT2D eigenvalue weighted by Gasteiger charge is 2.10. The number of aliphatic hydroxyl groups is 1. The van der Waals surface area contributed by atoms with Crippen molar-refractivity contribution >= 4 is 17.9 Å². The number of unbranched alkanes of at least 4 members (excludes halogenated alkanes) is 4. The van der Waals surface area contributed by atoms with Crippen molar-refractivity contribution in [1.29, 1.82) is 0 Å². The minimum Gasteiger partial charge on any atom is -0.494 e. The number of esters is 3. The molecule has 0 aromatic heterocycles. The third-order valence-corrected chi connectivity index (χ3v) is 5.36. The number of carbonyl (C=O) groups is 3. The van der Waals surface area contributed by atoms with Gasteiger partial charge >= 0.3 is 17.9 Å². The van der Waals surface area contributed by atoms with E-state index in [4.69, 9.17) is 28.8 Å². The fourth-order valence-electron chi connectivity index (χ4n) is 3.16. The maximum absolute atomic E-state index is 12.4. The normalized spacial score (nSPS) is 10.3. The first-order valence-electron chi connectivity index (χ1n) is 12.9. The first kappa shape index (κ1) is 31.1. The van der Waals surface area contributed by atoms with Gasteiger partial charge in [-0.2, -0.15) is 0 Å². The Balaban J connectivity index is 1.60. The monoisotopic (exact) mass is 540 g/mol. The van der Waals surface area contributed by atoms with E-state index in [1.807, 2.05) is 0 Å². The van der Waals surface area contributed by atoms with E-state index in [2.05, 4.69) is 13.2 Å². The van der Waals surface area contributed by atoms with Crippen LogP contribution in [0.1, 0.15) is 48.9 Å². The average molecular weight is 541 g/mol. The van der Waals surface area contributed by atoms with Crippen LogP contribution >= 0.6 is 0 Å². The molecular formula is C30H36O9. The molecule has 0 fully saturated rings. The van der Waals surface area contributed by atoms with Gasteiger partial charge in [0.2, 0.25) is 0 Å². The van der Waals surface area contributed by atoms with Gasteiger partial charge in [-0.3, -0.25) is 0 Å². The van der Waals surface area contributed by atoms with Crippen LogP contribution in [0.5, 0.6) is 17.2 Å². The summed E-state index contributed by atoms with van der Waals surface area (Å²) in [5.74, 6) is 0.227. The van der Waals surface area contributed by atoms with Crippen molar-refractivity contribution < 1.29 is 43.2 Å². The topological polar surface area (TPSA) is 118 Å². The Bertz CT molecular complexity index is 1060. The van der Waals surface area contributed by atoms with Crippen molar-refractivity contribution in [2.24, 2.45) is 0 Å². The average Bonchev–Trinajstić information content (AvgIpc) is 2.96. The summed E-state index contributed by atoms with van der Waals surface area (Å²) in [5.41, 5.74) is 0.451. The van der Waals surface area contributed by atoms with Crippen molar-refractivity contribution in [3.8, 4) is 17.2 Å². The zero-order valence-corrected chi connectivity index (χ0v) is 22.1. The quantitative estimate of drug-likeness (QED) is 0.116. The van der Waals surface area contributed by atoms with Crippen molar-refractivity contribution in [2.45, 2.75) is 38.5 Å². The molecule has 0 saturated heterocycles. The van der Waals surface area contributed by atoms with Gasteiger partial charge in [0.05, 0.1) is 44.2 Å². The molecule has 0 aliphatic carbocycles. The first-order valence-corrected chi connectivity index (χ1v) is 12.9. The standard InChI is InChI=1S/C30H36O9/c1-3-28(32)37-20-9-8-19-36-25-12-10-24(11-13-25)30(34)39-27-16-14-26(15-17-27)35-18-6-4-5-7-21-38-29(33)23(2)22-31/h3,10-17,31H,1-2,4-9,18-22H2. The number of ether oxygens (including phenoxy) is 5. The molecule has 0 heterocycles. The zero-order chi connectivity index (χ0) is 28.3. The van der Waals surface area contributed by atoms with Crippen LogP contribution in [0.25, 0.3) is 0 Å². The molecule has 9 nitrogen and oxygen atoms in total. The number of benzene rings is 2. The first-order chi connectivity index (χ1) is 18.9. The lowest BCUT2D eigenvalue weighted by molar-refractivity contribution is -0.140. The van der Waals surface area contributed by atoms with E-state index in [-0.39, 0.29) is 5.57 Å². The highest BCUT2D eigenvalue weighted by Crippen LogP contribution is 2.20. The summed E-state index contributed by atoms with van der Waals surface area (Å²) < 4.78 is 26.7. The van der Waals surface area contributed by atoms with Gasteiger partial charge < -0.3 is 28.8 Å². The van der Waals surface area contributed by atoms with Crippen LogP contribution < -0.4 is 14.2 Å². The third kappa shape index (κ3) is 12.8. The maximum atomic E-state index is 12.4. The Morgan fingerprint density at radius 3 is 1.77 bits per heavy atom. The molecule has 0 bridgehead atoms. The molecule has 0 atom stereocenters. The number of hydrogen-bond donors (Lipinski definition) is 1.